The number of para-hydroxylation sites is 2. The molecule has 2 rings (SSSR count). The van der Waals surface area contributed by atoms with Gasteiger partial charge in [-0.15, -0.1) is 0 Å². The fourth-order valence-electron chi connectivity index (χ4n) is 1.51. The number of fused-ring (bicyclic) bond motifs is 1. The van der Waals surface area contributed by atoms with Crippen molar-refractivity contribution in [2.24, 2.45) is 5.92 Å². The Morgan fingerprint density at radius 1 is 1.06 bits per heavy atom. The van der Waals surface area contributed by atoms with E-state index in [2.05, 4.69) is 37.7 Å². The van der Waals surface area contributed by atoms with Crippen molar-refractivity contribution in [2.45, 2.75) is 40.5 Å². The fraction of sp³-hybridized carbons (Fsp3) is 0.467. The van der Waals surface area contributed by atoms with Crippen LogP contribution in [-0.2, 0) is 6.42 Å². The van der Waals surface area contributed by atoms with Gasteiger partial charge >= 0.3 is 0 Å². The van der Waals surface area contributed by atoms with E-state index in [4.69, 9.17) is 0 Å². The standard InChI is InChI=1S/C12H14N2.C3H8/c1-9(2)7-10-8-13-11-5-3-4-6-12(11)14-10;1-3-2/h3-6,8-9H,7H2,1-2H3;3H2,1-2H3. The van der Waals surface area contributed by atoms with E-state index in [0.717, 1.165) is 23.1 Å². The number of aromatic nitrogens is 2. The first-order chi connectivity index (χ1) is 8.17. The minimum absolute atomic E-state index is 0.630. The molecule has 2 aromatic rings. The van der Waals surface area contributed by atoms with Gasteiger partial charge in [-0.25, -0.2) is 4.98 Å². The maximum Gasteiger partial charge on any atom is 0.0890 e. The topological polar surface area (TPSA) is 25.8 Å². The SMILES string of the molecule is CC(C)Cc1cnc2ccccc2n1.CCC. The summed E-state index contributed by atoms with van der Waals surface area (Å²) >= 11 is 0. The van der Waals surface area contributed by atoms with Crippen molar-refractivity contribution in [1.82, 2.24) is 9.97 Å². The van der Waals surface area contributed by atoms with Crippen molar-refractivity contribution in [2.75, 3.05) is 0 Å². The Labute approximate surface area is 104 Å². The Kier molecular flexibility index (Phi) is 5.61. The van der Waals surface area contributed by atoms with Crippen LogP contribution in [0.3, 0.4) is 0 Å². The van der Waals surface area contributed by atoms with Gasteiger partial charge in [-0.3, -0.25) is 4.98 Å². The van der Waals surface area contributed by atoms with Crippen LogP contribution >= 0.6 is 0 Å². The maximum atomic E-state index is 4.55. The Hall–Kier alpha value is -1.44. The number of hydrogen-bond donors (Lipinski definition) is 0. The number of benzene rings is 1. The van der Waals surface area contributed by atoms with Crippen molar-refractivity contribution in [3.63, 3.8) is 0 Å². The van der Waals surface area contributed by atoms with Crippen LogP contribution < -0.4 is 0 Å². The molecular weight excluding hydrogens is 208 g/mol. The summed E-state index contributed by atoms with van der Waals surface area (Å²) in [6, 6.07) is 7.98. The molecule has 0 spiro atoms. The summed E-state index contributed by atoms with van der Waals surface area (Å²) in [4.78, 5) is 8.92. The van der Waals surface area contributed by atoms with Crippen LogP contribution in [0.15, 0.2) is 30.5 Å². The molecule has 0 radical (unpaired) electrons. The molecule has 92 valence electrons. The van der Waals surface area contributed by atoms with Gasteiger partial charge in [-0.1, -0.05) is 46.2 Å². The zero-order valence-electron chi connectivity index (χ0n) is 11.3. The van der Waals surface area contributed by atoms with Crippen molar-refractivity contribution in [3.8, 4) is 0 Å². The summed E-state index contributed by atoms with van der Waals surface area (Å²) in [5, 5.41) is 0. The summed E-state index contributed by atoms with van der Waals surface area (Å²) in [5.41, 5.74) is 3.05. The molecule has 0 aliphatic rings. The van der Waals surface area contributed by atoms with E-state index >= 15 is 0 Å². The highest BCUT2D eigenvalue weighted by molar-refractivity contribution is 5.73. The van der Waals surface area contributed by atoms with E-state index in [0.29, 0.717) is 5.92 Å². The van der Waals surface area contributed by atoms with Crippen LogP contribution in [-0.4, -0.2) is 9.97 Å². The molecule has 0 fully saturated rings. The lowest BCUT2D eigenvalue weighted by atomic mass is 10.1. The van der Waals surface area contributed by atoms with Crippen LogP contribution in [0.4, 0.5) is 0 Å². The molecule has 17 heavy (non-hydrogen) atoms. The average molecular weight is 230 g/mol. The van der Waals surface area contributed by atoms with Gasteiger partial charge in [0.25, 0.3) is 0 Å². The van der Waals surface area contributed by atoms with E-state index in [1.807, 2.05) is 30.5 Å². The smallest absolute Gasteiger partial charge is 0.0890 e. The van der Waals surface area contributed by atoms with Crippen molar-refractivity contribution < 1.29 is 0 Å². The van der Waals surface area contributed by atoms with E-state index in [9.17, 15) is 0 Å². The molecule has 0 saturated carbocycles. The quantitative estimate of drug-likeness (QED) is 0.771. The highest BCUT2D eigenvalue weighted by atomic mass is 14.8. The molecule has 0 N–H and O–H groups in total. The van der Waals surface area contributed by atoms with E-state index in [-0.39, 0.29) is 0 Å². The molecule has 0 saturated heterocycles. The number of hydrogen-bond acceptors (Lipinski definition) is 2. The van der Waals surface area contributed by atoms with E-state index < -0.39 is 0 Å². The van der Waals surface area contributed by atoms with Gasteiger partial charge in [0.1, 0.15) is 0 Å². The molecule has 1 aromatic heterocycles. The van der Waals surface area contributed by atoms with Gasteiger partial charge in [0.15, 0.2) is 0 Å². The van der Waals surface area contributed by atoms with Gasteiger partial charge in [-0.05, 0) is 24.5 Å². The third-order valence-corrected chi connectivity index (χ3v) is 2.12. The second-order valence-electron chi connectivity index (χ2n) is 4.66. The van der Waals surface area contributed by atoms with Gasteiger partial charge in [-0.2, -0.15) is 0 Å². The molecule has 1 aromatic carbocycles. The third-order valence-electron chi connectivity index (χ3n) is 2.12. The predicted molar refractivity (Wildman–Crippen MR) is 74.0 cm³/mol. The first-order valence-corrected chi connectivity index (χ1v) is 6.38. The van der Waals surface area contributed by atoms with Gasteiger partial charge < -0.3 is 0 Å². The van der Waals surface area contributed by atoms with Crippen molar-refractivity contribution >= 4 is 11.0 Å². The Bertz CT molecular complexity index is 449. The molecule has 1 heterocycles. The second kappa shape index (κ2) is 7.00. The van der Waals surface area contributed by atoms with Crippen LogP contribution in [0.5, 0.6) is 0 Å². The molecule has 0 aliphatic carbocycles. The minimum atomic E-state index is 0.630. The lowest BCUT2D eigenvalue weighted by molar-refractivity contribution is 0.635. The minimum Gasteiger partial charge on any atom is -0.253 e. The normalized spacial score (nSPS) is 10.2. The molecule has 2 heteroatoms. The second-order valence-corrected chi connectivity index (χ2v) is 4.66. The summed E-state index contributed by atoms with van der Waals surface area (Å²) in [7, 11) is 0. The van der Waals surface area contributed by atoms with Crippen molar-refractivity contribution in [1.29, 1.82) is 0 Å². The zero-order chi connectivity index (χ0) is 12.7. The molecule has 0 amide bonds. The maximum absolute atomic E-state index is 4.55. The predicted octanol–water partition coefficient (Wildman–Crippen LogP) is 4.24. The number of rotatable bonds is 2. The monoisotopic (exact) mass is 230 g/mol. The first kappa shape index (κ1) is 13.6. The van der Waals surface area contributed by atoms with Gasteiger partial charge in [0.2, 0.25) is 0 Å². The lowest BCUT2D eigenvalue weighted by Crippen LogP contribution is -1.98. The number of nitrogens with zero attached hydrogens (tertiary/aromatic N) is 2. The van der Waals surface area contributed by atoms with Crippen molar-refractivity contribution in [3.05, 3.63) is 36.2 Å². The molecule has 0 atom stereocenters. The van der Waals surface area contributed by atoms with E-state index in [1.165, 1.54) is 6.42 Å². The zero-order valence-corrected chi connectivity index (χ0v) is 11.3. The van der Waals surface area contributed by atoms with Crippen LogP contribution in [0.2, 0.25) is 0 Å². The van der Waals surface area contributed by atoms with Gasteiger partial charge in [0, 0.05) is 6.20 Å². The highest BCUT2D eigenvalue weighted by Crippen LogP contribution is 2.10. The lowest BCUT2D eigenvalue weighted by Gasteiger charge is -2.04. The Balaban J connectivity index is 0.000000437. The first-order valence-electron chi connectivity index (χ1n) is 6.38. The summed E-state index contributed by atoms with van der Waals surface area (Å²) in [6.07, 6.45) is 4.13. The fourth-order valence-corrected chi connectivity index (χ4v) is 1.51. The summed E-state index contributed by atoms with van der Waals surface area (Å²) < 4.78 is 0. The van der Waals surface area contributed by atoms with Crippen LogP contribution in [0.1, 0.15) is 39.8 Å². The van der Waals surface area contributed by atoms with Crippen LogP contribution in [0, 0.1) is 5.92 Å². The third kappa shape index (κ3) is 4.51. The van der Waals surface area contributed by atoms with E-state index in [1.54, 1.807) is 0 Å². The molecule has 0 unspecified atom stereocenters. The summed E-state index contributed by atoms with van der Waals surface area (Å²) in [5.74, 6) is 0.630. The molecular formula is C15H22N2. The Morgan fingerprint density at radius 3 is 2.24 bits per heavy atom. The Morgan fingerprint density at radius 2 is 1.65 bits per heavy atom. The molecule has 2 nitrogen and oxygen atoms in total. The largest absolute Gasteiger partial charge is 0.253 e. The average Bonchev–Trinajstić information content (AvgIpc) is 2.29. The summed E-state index contributed by atoms with van der Waals surface area (Å²) in [6.45, 7) is 8.63. The highest BCUT2D eigenvalue weighted by Gasteiger charge is 2.01. The molecule has 0 bridgehead atoms. The van der Waals surface area contributed by atoms with Gasteiger partial charge in [0.05, 0.1) is 16.7 Å². The molecule has 0 aliphatic heterocycles. The van der Waals surface area contributed by atoms with Crippen LogP contribution in [0.25, 0.3) is 11.0 Å².